The summed E-state index contributed by atoms with van der Waals surface area (Å²) in [5, 5.41) is 0. The van der Waals surface area contributed by atoms with Crippen molar-refractivity contribution in [3.63, 3.8) is 0 Å². The number of piperazine rings is 1. The summed E-state index contributed by atoms with van der Waals surface area (Å²) in [6, 6.07) is 9.50. The zero-order valence-electron chi connectivity index (χ0n) is 33.1. The molecule has 7 nitrogen and oxygen atoms in total. The van der Waals surface area contributed by atoms with Crippen LogP contribution in [0, 0.1) is 50.7 Å². The van der Waals surface area contributed by atoms with Crippen LogP contribution in [0.1, 0.15) is 136 Å². The zero-order valence-corrected chi connectivity index (χ0v) is 33.1. The fourth-order valence-corrected chi connectivity index (χ4v) is 14.7. The third kappa shape index (κ3) is 4.81. The lowest BCUT2D eigenvalue weighted by molar-refractivity contribution is -0.233. The van der Waals surface area contributed by atoms with Crippen LogP contribution in [-0.4, -0.2) is 64.6 Å². The van der Waals surface area contributed by atoms with E-state index in [1.54, 1.807) is 6.92 Å². The molecule has 4 saturated carbocycles. The molecule has 2 bridgehead atoms. The maximum absolute atomic E-state index is 15.4. The van der Waals surface area contributed by atoms with Gasteiger partial charge in [-0.25, -0.2) is 0 Å². The Hall–Kier alpha value is -2.96. The van der Waals surface area contributed by atoms with E-state index in [0.717, 1.165) is 69.8 Å². The van der Waals surface area contributed by atoms with Gasteiger partial charge in [-0.3, -0.25) is 19.2 Å². The number of rotatable bonds is 4. The van der Waals surface area contributed by atoms with Crippen LogP contribution in [0.15, 0.2) is 41.5 Å². The highest BCUT2D eigenvalue weighted by Gasteiger charge is 2.71. The van der Waals surface area contributed by atoms with Gasteiger partial charge in [-0.05, 0) is 127 Å². The van der Waals surface area contributed by atoms with E-state index in [4.69, 9.17) is 4.74 Å². The number of carbonyl (C=O) groups is 4. The molecule has 8 rings (SSSR count). The third-order valence-electron chi connectivity index (χ3n) is 17.1. The summed E-state index contributed by atoms with van der Waals surface area (Å²) in [7, 11) is 0. The molecule has 0 spiro atoms. The van der Waals surface area contributed by atoms with Gasteiger partial charge in [-0.2, -0.15) is 0 Å². The Labute approximate surface area is 311 Å². The molecule has 282 valence electrons. The standard InChI is InChI=1S/C45H62N2O5/c1-27(2)37-33(49)24-45(40(51)47-30-14-15-31(47)26-46(25-30)39(50)29-12-10-9-11-13-29)23-22-43(7)32(38(37)45)16-17-35-42(6)20-19-36(52-28(3)48)41(4,5)34(42)18-21-44(35,43)8/h9-13,27,30-32,34-36H,14-26H2,1-8H3/t30?,31?,32-,34+,35-,36+,42+,43-,44-,45-/m1/s1. The second kappa shape index (κ2) is 12.0. The molecular formula is C45H62N2O5. The molecular weight excluding hydrogens is 649 g/mol. The van der Waals surface area contributed by atoms with E-state index >= 15 is 4.79 Å². The van der Waals surface area contributed by atoms with Gasteiger partial charge in [0.05, 0.1) is 5.41 Å². The van der Waals surface area contributed by atoms with Gasteiger partial charge in [0.1, 0.15) is 6.10 Å². The van der Waals surface area contributed by atoms with Crippen molar-refractivity contribution in [2.24, 2.45) is 50.7 Å². The van der Waals surface area contributed by atoms with E-state index in [1.807, 2.05) is 35.2 Å². The van der Waals surface area contributed by atoms with Crippen molar-refractivity contribution in [2.75, 3.05) is 13.1 Å². The smallest absolute Gasteiger partial charge is 0.302 e. The zero-order chi connectivity index (χ0) is 37.2. The minimum absolute atomic E-state index is 0.00464. The van der Waals surface area contributed by atoms with Gasteiger partial charge < -0.3 is 14.5 Å². The lowest BCUT2D eigenvalue weighted by atomic mass is 9.33. The van der Waals surface area contributed by atoms with E-state index in [9.17, 15) is 14.4 Å². The summed E-state index contributed by atoms with van der Waals surface area (Å²) in [4.78, 5) is 59.5. The van der Waals surface area contributed by atoms with E-state index in [2.05, 4.69) is 53.4 Å². The number of likely N-dealkylation sites (tertiary alicyclic amines) is 1. The Balaban J connectivity index is 1.12. The summed E-state index contributed by atoms with van der Waals surface area (Å²) in [5.74, 6) is 1.54. The number of ether oxygens (including phenoxy) is 1. The normalized spacial score (nSPS) is 42.0. The summed E-state index contributed by atoms with van der Waals surface area (Å²) >= 11 is 0. The number of allylic oxidation sites excluding steroid dienone is 1. The number of ketones is 1. The van der Waals surface area contributed by atoms with Crippen molar-refractivity contribution in [1.82, 2.24) is 9.80 Å². The molecule has 2 amide bonds. The maximum atomic E-state index is 15.4. The molecule has 2 unspecified atom stereocenters. The number of nitrogens with zero attached hydrogens (tertiary/aromatic N) is 2. The fourth-order valence-electron chi connectivity index (χ4n) is 14.7. The van der Waals surface area contributed by atoms with Gasteiger partial charge in [-0.1, -0.05) is 66.7 Å². The van der Waals surface area contributed by atoms with Crippen LogP contribution in [0.5, 0.6) is 0 Å². The topological polar surface area (TPSA) is 84.0 Å². The van der Waals surface area contributed by atoms with Gasteiger partial charge >= 0.3 is 5.97 Å². The van der Waals surface area contributed by atoms with E-state index in [0.29, 0.717) is 36.9 Å². The first-order valence-corrected chi connectivity index (χ1v) is 20.6. The molecule has 2 aliphatic heterocycles. The van der Waals surface area contributed by atoms with Crippen molar-refractivity contribution >= 4 is 23.6 Å². The summed E-state index contributed by atoms with van der Waals surface area (Å²) < 4.78 is 5.97. The second-order valence-electron chi connectivity index (χ2n) is 19.9. The summed E-state index contributed by atoms with van der Waals surface area (Å²) in [6.07, 6.45) is 10.1. The number of hydrogen-bond donors (Lipinski definition) is 0. The van der Waals surface area contributed by atoms with E-state index < -0.39 is 5.41 Å². The van der Waals surface area contributed by atoms with E-state index in [1.165, 1.54) is 5.57 Å². The van der Waals surface area contributed by atoms with Crippen molar-refractivity contribution in [1.29, 1.82) is 0 Å². The summed E-state index contributed by atoms with van der Waals surface area (Å²) in [6.45, 7) is 19.4. The van der Waals surface area contributed by atoms with E-state index in [-0.39, 0.29) is 75.3 Å². The van der Waals surface area contributed by atoms with Crippen LogP contribution >= 0.6 is 0 Å². The van der Waals surface area contributed by atoms with Crippen LogP contribution in [-0.2, 0) is 19.1 Å². The Kier molecular flexibility index (Phi) is 8.33. The van der Waals surface area contributed by atoms with Gasteiger partial charge in [0.15, 0.2) is 5.78 Å². The number of fused-ring (bicyclic) bond motifs is 9. The highest BCUT2D eigenvalue weighted by Crippen LogP contribution is 2.77. The molecule has 10 atom stereocenters. The molecule has 1 aromatic carbocycles. The number of hydrogen-bond acceptors (Lipinski definition) is 5. The Morgan fingerprint density at radius 1 is 0.788 bits per heavy atom. The Morgan fingerprint density at radius 3 is 2.10 bits per heavy atom. The number of esters is 1. The van der Waals surface area contributed by atoms with Gasteiger partial charge in [-0.15, -0.1) is 0 Å². The minimum Gasteiger partial charge on any atom is -0.462 e. The Bertz CT molecular complexity index is 1700. The lowest BCUT2D eigenvalue weighted by Crippen LogP contribution is -2.67. The van der Waals surface area contributed by atoms with Crippen LogP contribution < -0.4 is 0 Å². The second-order valence-corrected chi connectivity index (χ2v) is 19.9. The van der Waals surface area contributed by atoms with Crippen molar-refractivity contribution in [3.8, 4) is 0 Å². The largest absolute Gasteiger partial charge is 0.462 e. The highest BCUT2D eigenvalue weighted by molar-refractivity contribution is 6.07. The highest BCUT2D eigenvalue weighted by atomic mass is 16.5. The molecule has 6 fully saturated rings. The molecule has 2 heterocycles. The molecule has 0 N–H and O–H groups in total. The number of Topliss-reactive ketones (excluding diaryl/α,β-unsaturated/α-hetero) is 1. The molecule has 52 heavy (non-hydrogen) atoms. The maximum Gasteiger partial charge on any atom is 0.302 e. The molecule has 7 aliphatic rings. The predicted molar refractivity (Wildman–Crippen MR) is 201 cm³/mol. The quantitative estimate of drug-likeness (QED) is 0.293. The first-order valence-electron chi connectivity index (χ1n) is 20.6. The van der Waals surface area contributed by atoms with Crippen LogP contribution in [0.3, 0.4) is 0 Å². The summed E-state index contributed by atoms with van der Waals surface area (Å²) in [5.41, 5.74) is 2.22. The average molecular weight is 711 g/mol. The van der Waals surface area contributed by atoms with Crippen LogP contribution in [0.4, 0.5) is 0 Å². The first kappa shape index (κ1) is 36.0. The van der Waals surface area contributed by atoms with Crippen LogP contribution in [0.2, 0.25) is 0 Å². The van der Waals surface area contributed by atoms with Gasteiger partial charge in [0.2, 0.25) is 5.91 Å². The number of carbonyl (C=O) groups excluding carboxylic acids is 4. The first-order chi connectivity index (χ1) is 24.5. The molecule has 0 radical (unpaired) electrons. The SMILES string of the molecule is CC(=O)O[C@H]1CC[C@]2(C)[C@H]3CC[C@@H]4C5=C(C(C)C)C(=O)C[C@]5(C(=O)N5C6CCC5CN(C(=O)c5ccccc5)C6)CC[C@@]4(C)[C@]3(C)CC[C@H]2C1(C)C. The van der Waals surface area contributed by atoms with Gasteiger partial charge in [0, 0.05) is 49.5 Å². The van der Waals surface area contributed by atoms with Gasteiger partial charge in [0.25, 0.3) is 5.91 Å². The number of benzene rings is 1. The van der Waals surface area contributed by atoms with Crippen molar-refractivity contribution in [3.05, 3.63) is 47.0 Å². The molecule has 0 aromatic heterocycles. The number of amides is 2. The fraction of sp³-hybridized carbons (Fsp3) is 0.733. The Morgan fingerprint density at radius 2 is 1.46 bits per heavy atom. The predicted octanol–water partition coefficient (Wildman–Crippen LogP) is 8.41. The van der Waals surface area contributed by atoms with Crippen molar-refractivity contribution < 1.29 is 23.9 Å². The van der Waals surface area contributed by atoms with Crippen molar-refractivity contribution in [2.45, 2.75) is 144 Å². The lowest BCUT2D eigenvalue weighted by Gasteiger charge is -2.72. The monoisotopic (exact) mass is 710 g/mol. The average Bonchev–Trinajstić information content (AvgIpc) is 3.55. The minimum atomic E-state index is -0.762. The van der Waals surface area contributed by atoms with Crippen LogP contribution in [0.25, 0.3) is 0 Å². The molecule has 5 aliphatic carbocycles. The molecule has 1 aromatic rings. The molecule has 7 heteroatoms. The molecule has 2 saturated heterocycles. The third-order valence-corrected chi connectivity index (χ3v) is 17.1.